The Bertz CT molecular complexity index is 368. The van der Waals surface area contributed by atoms with Crippen LogP contribution in [0.25, 0.3) is 0 Å². The number of carbonyl (C=O) groups is 1. The molecule has 0 fully saturated rings. The molecule has 1 heterocycles. The number of hydrogen-bond acceptors (Lipinski definition) is 5. The molecule has 0 atom stereocenters. The Morgan fingerprint density at radius 3 is 2.75 bits per heavy atom. The van der Waals surface area contributed by atoms with Crippen LogP contribution in [0.3, 0.4) is 0 Å². The van der Waals surface area contributed by atoms with Crippen molar-refractivity contribution in [3.8, 4) is 0 Å². The van der Waals surface area contributed by atoms with Gasteiger partial charge in [-0.15, -0.1) is 11.3 Å². The van der Waals surface area contributed by atoms with Crippen molar-refractivity contribution in [2.75, 3.05) is 0 Å². The van der Waals surface area contributed by atoms with Crippen molar-refractivity contribution in [3.05, 3.63) is 11.6 Å². The molecule has 1 rings (SSSR count). The number of aromatic nitrogens is 1. The highest BCUT2D eigenvalue weighted by atomic mass is 32.2. The number of nitrogens with one attached hydrogen (secondary N) is 1. The highest BCUT2D eigenvalue weighted by molar-refractivity contribution is 7.92. The minimum absolute atomic E-state index is 0.179. The van der Waals surface area contributed by atoms with E-state index in [1.54, 1.807) is 4.72 Å². The Morgan fingerprint density at radius 2 is 2.33 bits per heavy atom. The topological polar surface area (TPSA) is 102 Å². The van der Waals surface area contributed by atoms with Crippen LogP contribution in [-0.4, -0.2) is 19.4 Å². The lowest BCUT2D eigenvalue weighted by molar-refractivity contribution is 0.253. The zero-order valence-corrected chi connectivity index (χ0v) is 7.35. The third kappa shape index (κ3) is 1.92. The SMILES string of the molecule is NC(=O)NS(=O)(=O)c1nccs1. The number of rotatable bonds is 2. The first kappa shape index (κ1) is 8.94. The molecule has 12 heavy (non-hydrogen) atoms. The van der Waals surface area contributed by atoms with Gasteiger partial charge in [0.25, 0.3) is 10.0 Å². The fourth-order valence-corrected chi connectivity index (χ4v) is 2.23. The summed E-state index contributed by atoms with van der Waals surface area (Å²) in [6, 6.07) is -1.12. The van der Waals surface area contributed by atoms with Crippen molar-refractivity contribution >= 4 is 27.4 Å². The molecular weight excluding hydrogens is 202 g/mol. The van der Waals surface area contributed by atoms with E-state index in [1.807, 2.05) is 0 Å². The number of urea groups is 1. The molecular formula is C4H5N3O3S2. The highest BCUT2D eigenvalue weighted by Crippen LogP contribution is 2.10. The zero-order valence-electron chi connectivity index (χ0n) is 5.72. The number of amides is 2. The summed E-state index contributed by atoms with van der Waals surface area (Å²) in [7, 11) is -3.83. The maximum absolute atomic E-state index is 11.0. The molecule has 2 amide bonds. The predicted octanol–water partition coefficient (Wildman–Crippen LogP) is -0.500. The van der Waals surface area contributed by atoms with Crippen molar-refractivity contribution in [2.45, 2.75) is 4.34 Å². The molecule has 8 heteroatoms. The van der Waals surface area contributed by atoms with E-state index in [9.17, 15) is 13.2 Å². The smallest absolute Gasteiger partial charge is 0.326 e. The molecule has 3 N–H and O–H groups in total. The van der Waals surface area contributed by atoms with Gasteiger partial charge in [0.2, 0.25) is 4.34 Å². The van der Waals surface area contributed by atoms with Gasteiger partial charge < -0.3 is 5.73 Å². The molecule has 0 aliphatic rings. The van der Waals surface area contributed by atoms with Crippen molar-refractivity contribution in [1.82, 2.24) is 9.71 Å². The number of nitrogens with zero attached hydrogens (tertiary/aromatic N) is 1. The van der Waals surface area contributed by atoms with E-state index in [2.05, 4.69) is 10.7 Å². The lowest BCUT2D eigenvalue weighted by atomic mass is 11.0. The third-order valence-electron chi connectivity index (χ3n) is 0.875. The predicted molar refractivity (Wildman–Crippen MR) is 42.0 cm³/mol. The van der Waals surface area contributed by atoms with Crippen molar-refractivity contribution < 1.29 is 13.2 Å². The first-order valence-corrected chi connectivity index (χ1v) is 5.10. The van der Waals surface area contributed by atoms with Gasteiger partial charge in [0.05, 0.1) is 0 Å². The van der Waals surface area contributed by atoms with Crippen LogP contribution >= 0.6 is 11.3 Å². The second kappa shape index (κ2) is 3.07. The quantitative estimate of drug-likeness (QED) is 0.682. The Balaban J connectivity index is 2.96. The molecule has 66 valence electrons. The van der Waals surface area contributed by atoms with Gasteiger partial charge >= 0.3 is 6.03 Å². The summed E-state index contributed by atoms with van der Waals surface area (Å²) in [5.41, 5.74) is 4.63. The Morgan fingerprint density at radius 1 is 1.67 bits per heavy atom. The lowest BCUT2D eigenvalue weighted by Crippen LogP contribution is -2.34. The number of hydrogen-bond donors (Lipinski definition) is 2. The molecule has 0 aromatic carbocycles. The molecule has 0 aliphatic carbocycles. The molecule has 6 nitrogen and oxygen atoms in total. The second-order valence-corrected chi connectivity index (χ2v) is 4.52. The van der Waals surface area contributed by atoms with E-state index < -0.39 is 16.1 Å². The molecule has 0 saturated heterocycles. The monoisotopic (exact) mass is 207 g/mol. The largest absolute Gasteiger partial charge is 0.351 e. The summed E-state index contributed by atoms with van der Waals surface area (Å²) in [4.78, 5) is 13.7. The number of thiazole rings is 1. The van der Waals surface area contributed by atoms with Gasteiger partial charge in [0.1, 0.15) is 0 Å². The van der Waals surface area contributed by atoms with Crippen LogP contribution in [0.4, 0.5) is 4.79 Å². The number of primary amides is 1. The number of nitrogens with two attached hydrogens (primary N) is 1. The summed E-state index contributed by atoms with van der Waals surface area (Å²) < 4.78 is 23.5. The molecule has 0 bridgehead atoms. The number of sulfonamides is 1. The van der Waals surface area contributed by atoms with Crippen LogP contribution in [0.1, 0.15) is 0 Å². The van der Waals surface area contributed by atoms with Gasteiger partial charge in [-0.1, -0.05) is 0 Å². The maximum atomic E-state index is 11.0. The van der Waals surface area contributed by atoms with E-state index in [4.69, 9.17) is 0 Å². The average Bonchev–Trinajstić information content (AvgIpc) is 2.32. The first-order chi connectivity index (χ1) is 5.52. The summed E-state index contributed by atoms with van der Waals surface area (Å²) in [5.74, 6) is 0. The summed E-state index contributed by atoms with van der Waals surface area (Å²) in [5, 5.41) is 1.48. The van der Waals surface area contributed by atoms with Crippen molar-refractivity contribution in [2.24, 2.45) is 5.73 Å². The molecule has 0 spiro atoms. The van der Waals surface area contributed by atoms with Gasteiger partial charge in [-0.05, 0) is 0 Å². The molecule has 1 aromatic rings. The molecule has 0 aliphatic heterocycles. The Kier molecular flexibility index (Phi) is 2.29. The third-order valence-corrected chi connectivity index (χ3v) is 3.42. The molecule has 0 unspecified atom stereocenters. The van der Waals surface area contributed by atoms with E-state index in [0.717, 1.165) is 11.3 Å². The Hall–Kier alpha value is -1.15. The standard InChI is InChI=1S/C4H5N3O3S2/c5-3(8)7-12(9,10)4-6-1-2-11-4/h1-2H,(H3,5,7,8). The van der Waals surface area contributed by atoms with Crippen LogP contribution in [0, 0.1) is 0 Å². The van der Waals surface area contributed by atoms with E-state index in [-0.39, 0.29) is 4.34 Å². The van der Waals surface area contributed by atoms with Crippen LogP contribution in [0.2, 0.25) is 0 Å². The maximum Gasteiger partial charge on any atom is 0.326 e. The summed E-state index contributed by atoms with van der Waals surface area (Å²) in [6.07, 6.45) is 1.32. The van der Waals surface area contributed by atoms with E-state index in [1.165, 1.54) is 11.6 Å². The van der Waals surface area contributed by atoms with Crippen molar-refractivity contribution in [1.29, 1.82) is 0 Å². The summed E-state index contributed by atoms with van der Waals surface area (Å²) >= 11 is 0.902. The van der Waals surface area contributed by atoms with Crippen molar-refractivity contribution in [3.63, 3.8) is 0 Å². The molecule has 0 radical (unpaired) electrons. The van der Waals surface area contributed by atoms with Crippen LogP contribution < -0.4 is 10.5 Å². The van der Waals surface area contributed by atoms with Gasteiger partial charge in [-0.25, -0.2) is 14.5 Å². The normalized spacial score (nSPS) is 11.0. The summed E-state index contributed by atoms with van der Waals surface area (Å²) in [6.45, 7) is 0. The fraction of sp³-hybridized carbons (Fsp3) is 0. The van der Waals surface area contributed by atoms with Crippen LogP contribution in [0.5, 0.6) is 0 Å². The minimum Gasteiger partial charge on any atom is -0.351 e. The van der Waals surface area contributed by atoms with E-state index in [0.29, 0.717) is 0 Å². The first-order valence-electron chi connectivity index (χ1n) is 2.74. The highest BCUT2D eigenvalue weighted by Gasteiger charge is 2.17. The number of carbonyl (C=O) groups excluding carboxylic acids is 1. The Labute approximate surface area is 72.5 Å². The van der Waals surface area contributed by atoms with Crippen LogP contribution in [0.15, 0.2) is 15.9 Å². The second-order valence-electron chi connectivity index (χ2n) is 1.77. The van der Waals surface area contributed by atoms with Crippen LogP contribution in [-0.2, 0) is 10.0 Å². The molecule has 0 saturated carbocycles. The lowest BCUT2D eigenvalue weighted by Gasteiger charge is -1.98. The van der Waals surface area contributed by atoms with E-state index >= 15 is 0 Å². The fourth-order valence-electron chi connectivity index (χ4n) is 0.519. The molecule has 1 aromatic heterocycles. The minimum atomic E-state index is -3.83. The van der Waals surface area contributed by atoms with Gasteiger partial charge in [0, 0.05) is 11.6 Å². The average molecular weight is 207 g/mol. The zero-order chi connectivity index (χ0) is 9.19. The van der Waals surface area contributed by atoms with Gasteiger partial charge in [-0.2, -0.15) is 8.42 Å². The van der Waals surface area contributed by atoms with Gasteiger partial charge in [0.15, 0.2) is 0 Å². The van der Waals surface area contributed by atoms with Gasteiger partial charge in [-0.3, -0.25) is 0 Å².